The van der Waals surface area contributed by atoms with Crippen LogP contribution in [0.3, 0.4) is 0 Å². The van der Waals surface area contributed by atoms with E-state index in [1.54, 1.807) is 4.57 Å². The predicted molar refractivity (Wildman–Crippen MR) is 75.0 cm³/mol. The molecule has 3 heterocycles. The van der Waals surface area contributed by atoms with Crippen molar-refractivity contribution in [2.75, 3.05) is 6.61 Å². The van der Waals surface area contributed by atoms with Crippen LogP contribution < -0.4 is 5.56 Å². The molecule has 2 aromatic heterocycles. The molecule has 18 heavy (non-hydrogen) atoms. The molecule has 2 aromatic rings. The van der Waals surface area contributed by atoms with Gasteiger partial charge in [0.15, 0.2) is 4.77 Å². The fourth-order valence-electron chi connectivity index (χ4n) is 2.49. The van der Waals surface area contributed by atoms with Gasteiger partial charge in [0.1, 0.15) is 4.83 Å². The van der Waals surface area contributed by atoms with Crippen LogP contribution in [0, 0.1) is 4.77 Å². The summed E-state index contributed by atoms with van der Waals surface area (Å²) in [5.41, 5.74) is 0.0223. The smallest absolute Gasteiger partial charge is 0.263 e. The lowest BCUT2D eigenvalue weighted by atomic mass is 10.0. The molecule has 4 nitrogen and oxygen atoms in total. The molecular formula is C12H14N2O2S2. The number of nitrogens with zero attached hydrogens (tertiary/aromatic N) is 1. The Morgan fingerprint density at radius 1 is 1.61 bits per heavy atom. The highest BCUT2D eigenvalue weighted by atomic mass is 32.1. The summed E-state index contributed by atoms with van der Waals surface area (Å²) < 4.78 is 7.77. The fourth-order valence-corrected chi connectivity index (χ4v) is 3.67. The molecule has 0 saturated carbocycles. The van der Waals surface area contributed by atoms with Crippen molar-refractivity contribution in [3.63, 3.8) is 0 Å². The Balaban J connectivity index is 2.16. The SMILES string of the molecule is CC1CC(n2c(=S)[nH]c3sccc3c2=O)CCO1. The molecular weight excluding hydrogens is 268 g/mol. The topological polar surface area (TPSA) is 47.0 Å². The molecule has 1 saturated heterocycles. The number of ether oxygens (including phenoxy) is 1. The number of hydrogen-bond acceptors (Lipinski definition) is 4. The van der Waals surface area contributed by atoms with Crippen LogP contribution in [0.25, 0.3) is 10.2 Å². The summed E-state index contributed by atoms with van der Waals surface area (Å²) in [6.07, 6.45) is 1.87. The Morgan fingerprint density at radius 2 is 2.44 bits per heavy atom. The number of nitrogens with one attached hydrogen (secondary N) is 1. The van der Waals surface area contributed by atoms with E-state index in [2.05, 4.69) is 4.98 Å². The van der Waals surface area contributed by atoms with Gasteiger partial charge in [-0.25, -0.2) is 0 Å². The number of fused-ring (bicyclic) bond motifs is 1. The molecule has 0 radical (unpaired) electrons. The van der Waals surface area contributed by atoms with Crippen LogP contribution >= 0.6 is 23.6 Å². The quantitative estimate of drug-likeness (QED) is 0.818. The predicted octanol–water partition coefficient (Wildman–Crippen LogP) is 2.86. The van der Waals surface area contributed by atoms with E-state index in [0.717, 1.165) is 23.1 Å². The van der Waals surface area contributed by atoms with Gasteiger partial charge in [-0.3, -0.25) is 9.36 Å². The number of rotatable bonds is 1. The van der Waals surface area contributed by atoms with Gasteiger partial charge in [0.2, 0.25) is 0 Å². The third-order valence-electron chi connectivity index (χ3n) is 3.38. The zero-order chi connectivity index (χ0) is 12.7. The molecule has 1 aliphatic rings. The fraction of sp³-hybridized carbons (Fsp3) is 0.500. The van der Waals surface area contributed by atoms with Crippen molar-refractivity contribution in [1.29, 1.82) is 0 Å². The van der Waals surface area contributed by atoms with Crippen LogP contribution in [0.2, 0.25) is 0 Å². The van der Waals surface area contributed by atoms with Gasteiger partial charge in [0, 0.05) is 12.6 Å². The van der Waals surface area contributed by atoms with Crippen LogP contribution in [-0.4, -0.2) is 22.3 Å². The average molecular weight is 282 g/mol. The molecule has 0 spiro atoms. The van der Waals surface area contributed by atoms with E-state index in [4.69, 9.17) is 17.0 Å². The number of H-pyrrole nitrogens is 1. The van der Waals surface area contributed by atoms with E-state index in [1.165, 1.54) is 11.3 Å². The summed E-state index contributed by atoms with van der Waals surface area (Å²) in [6.45, 7) is 2.72. The molecule has 1 fully saturated rings. The van der Waals surface area contributed by atoms with Crippen molar-refractivity contribution in [1.82, 2.24) is 9.55 Å². The molecule has 2 unspecified atom stereocenters. The zero-order valence-corrected chi connectivity index (χ0v) is 11.6. The van der Waals surface area contributed by atoms with Gasteiger partial charge in [-0.05, 0) is 43.4 Å². The first-order valence-electron chi connectivity index (χ1n) is 6.00. The number of thiophene rings is 1. The highest BCUT2D eigenvalue weighted by molar-refractivity contribution is 7.71. The van der Waals surface area contributed by atoms with Gasteiger partial charge in [-0.15, -0.1) is 11.3 Å². The van der Waals surface area contributed by atoms with E-state index in [1.807, 2.05) is 18.4 Å². The summed E-state index contributed by atoms with van der Waals surface area (Å²) in [7, 11) is 0. The second-order valence-electron chi connectivity index (χ2n) is 4.63. The Morgan fingerprint density at radius 3 is 3.22 bits per heavy atom. The minimum atomic E-state index is 0.0223. The Kier molecular flexibility index (Phi) is 3.09. The molecule has 1 N–H and O–H groups in total. The minimum absolute atomic E-state index is 0.0223. The summed E-state index contributed by atoms with van der Waals surface area (Å²) in [6, 6.07) is 2.00. The molecule has 96 valence electrons. The third kappa shape index (κ3) is 1.94. The lowest BCUT2D eigenvalue weighted by molar-refractivity contribution is 0.00492. The van der Waals surface area contributed by atoms with Crippen LogP contribution in [0.5, 0.6) is 0 Å². The first-order chi connectivity index (χ1) is 8.66. The van der Waals surface area contributed by atoms with Gasteiger partial charge in [0.05, 0.1) is 11.5 Å². The monoisotopic (exact) mass is 282 g/mol. The van der Waals surface area contributed by atoms with Crippen molar-refractivity contribution >= 4 is 33.8 Å². The average Bonchev–Trinajstić information content (AvgIpc) is 2.77. The highest BCUT2D eigenvalue weighted by Crippen LogP contribution is 2.25. The normalized spacial score (nSPS) is 24.5. The van der Waals surface area contributed by atoms with E-state index >= 15 is 0 Å². The van der Waals surface area contributed by atoms with Crippen LogP contribution in [-0.2, 0) is 4.74 Å². The largest absolute Gasteiger partial charge is 0.378 e. The van der Waals surface area contributed by atoms with Gasteiger partial charge in [-0.2, -0.15) is 0 Å². The molecule has 6 heteroatoms. The molecule has 0 amide bonds. The van der Waals surface area contributed by atoms with E-state index in [9.17, 15) is 4.79 Å². The summed E-state index contributed by atoms with van der Waals surface area (Å²) in [4.78, 5) is 16.5. The Bertz CT molecular complexity index is 685. The number of hydrogen-bond donors (Lipinski definition) is 1. The number of aromatic nitrogens is 2. The highest BCUT2D eigenvalue weighted by Gasteiger charge is 2.23. The Hall–Kier alpha value is -0.980. The number of aromatic amines is 1. The second kappa shape index (κ2) is 4.60. The first-order valence-corrected chi connectivity index (χ1v) is 7.29. The molecule has 1 aliphatic heterocycles. The maximum Gasteiger partial charge on any atom is 0.263 e. The van der Waals surface area contributed by atoms with Crippen molar-refractivity contribution in [3.05, 3.63) is 26.6 Å². The minimum Gasteiger partial charge on any atom is -0.378 e. The van der Waals surface area contributed by atoms with Crippen molar-refractivity contribution in [2.24, 2.45) is 0 Å². The lowest BCUT2D eigenvalue weighted by Crippen LogP contribution is -2.32. The Labute approximate surface area is 113 Å². The van der Waals surface area contributed by atoms with Gasteiger partial charge in [-0.1, -0.05) is 0 Å². The summed E-state index contributed by atoms with van der Waals surface area (Å²) >= 11 is 6.84. The zero-order valence-electron chi connectivity index (χ0n) is 10.0. The van der Waals surface area contributed by atoms with Crippen molar-refractivity contribution in [3.8, 4) is 0 Å². The van der Waals surface area contributed by atoms with Crippen molar-refractivity contribution in [2.45, 2.75) is 31.9 Å². The molecule has 0 aliphatic carbocycles. The maximum atomic E-state index is 12.5. The summed E-state index contributed by atoms with van der Waals surface area (Å²) in [5.74, 6) is 0. The maximum absolute atomic E-state index is 12.5. The molecule has 2 atom stereocenters. The van der Waals surface area contributed by atoms with E-state index < -0.39 is 0 Å². The van der Waals surface area contributed by atoms with Gasteiger partial charge >= 0.3 is 0 Å². The first kappa shape index (κ1) is 12.1. The van der Waals surface area contributed by atoms with Gasteiger partial charge in [0.25, 0.3) is 5.56 Å². The molecule has 3 rings (SSSR count). The van der Waals surface area contributed by atoms with Crippen LogP contribution in [0.1, 0.15) is 25.8 Å². The van der Waals surface area contributed by atoms with Crippen molar-refractivity contribution < 1.29 is 4.74 Å². The lowest BCUT2D eigenvalue weighted by Gasteiger charge is -2.28. The van der Waals surface area contributed by atoms with Gasteiger partial charge < -0.3 is 9.72 Å². The molecule has 0 aromatic carbocycles. The van der Waals surface area contributed by atoms with Crippen LogP contribution in [0.15, 0.2) is 16.2 Å². The summed E-state index contributed by atoms with van der Waals surface area (Å²) in [5, 5.41) is 2.64. The van der Waals surface area contributed by atoms with E-state index in [0.29, 0.717) is 11.4 Å². The van der Waals surface area contributed by atoms with E-state index in [-0.39, 0.29) is 17.7 Å². The standard InChI is InChI=1S/C12H14N2O2S2/c1-7-6-8(2-4-16-7)14-11(15)9-3-5-18-10(9)13-12(14)17/h3,5,7-8H,2,4,6H2,1H3,(H,13,17). The molecule has 0 bridgehead atoms. The third-order valence-corrected chi connectivity index (χ3v) is 4.50. The second-order valence-corrected chi connectivity index (χ2v) is 5.93. The van der Waals surface area contributed by atoms with Crippen LogP contribution in [0.4, 0.5) is 0 Å².